The molecule has 0 unspecified atom stereocenters. The molecule has 0 saturated heterocycles. The zero-order valence-electron chi connectivity index (χ0n) is 8.35. The van der Waals surface area contributed by atoms with Crippen LogP contribution in [0, 0.1) is 0 Å². The number of aryl methyl sites for hydroxylation is 1. The molecule has 0 radical (unpaired) electrons. The fourth-order valence-electron chi connectivity index (χ4n) is 1.03. The van der Waals surface area contributed by atoms with E-state index < -0.39 is 0 Å². The van der Waals surface area contributed by atoms with E-state index in [9.17, 15) is 4.79 Å². The number of carbonyl (C=O) groups excluding carboxylic acids is 1. The van der Waals surface area contributed by atoms with Crippen molar-refractivity contribution in [2.45, 2.75) is 13.5 Å². The van der Waals surface area contributed by atoms with Gasteiger partial charge < -0.3 is 0 Å². The summed E-state index contributed by atoms with van der Waals surface area (Å²) in [5.74, 6) is -0.304. The Hall–Kier alpha value is -1.28. The van der Waals surface area contributed by atoms with Gasteiger partial charge in [-0.25, -0.2) is 4.98 Å². The van der Waals surface area contributed by atoms with Crippen molar-refractivity contribution in [2.24, 2.45) is 0 Å². The summed E-state index contributed by atoms with van der Waals surface area (Å²) in [5.41, 5.74) is 0.285. The van der Waals surface area contributed by atoms with Crippen LogP contribution in [0.2, 0.25) is 0 Å². The minimum Gasteiger partial charge on any atom is -0.296 e. The van der Waals surface area contributed by atoms with Gasteiger partial charge in [-0.2, -0.15) is 9.90 Å². The molecule has 0 fully saturated rings. The molecule has 1 N–H and O–H groups in total. The minimum atomic E-state index is -0.304. The topological polar surface area (TPSA) is 72.7 Å². The summed E-state index contributed by atoms with van der Waals surface area (Å²) < 4.78 is 0.861. The third-order valence-corrected chi connectivity index (χ3v) is 3.14. The predicted octanol–water partition coefficient (Wildman–Crippen LogP) is 1.77. The second-order valence-electron chi connectivity index (χ2n) is 2.84. The lowest BCUT2D eigenvalue weighted by Crippen LogP contribution is -2.13. The maximum Gasteiger partial charge on any atom is 0.279 e. The fourth-order valence-corrected chi connectivity index (χ4v) is 2.13. The van der Waals surface area contributed by atoms with E-state index in [4.69, 9.17) is 0 Å². The molecule has 84 valence electrons. The molecule has 2 rings (SSSR count). The number of amides is 1. The Morgan fingerprint density at radius 3 is 3.00 bits per heavy atom. The number of hydrogen-bond donors (Lipinski definition) is 1. The van der Waals surface area contributed by atoms with Crippen molar-refractivity contribution in [1.29, 1.82) is 0 Å². The molecule has 0 aliphatic rings. The summed E-state index contributed by atoms with van der Waals surface area (Å²) in [7, 11) is 0. The van der Waals surface area contributed by atoms with E-state index >= 15 is 0 Å². The number of nitrogens with one attached hydrogen (secondary N) is 1. The molecule has 8 heteroatoms. The van der Waals surface area contributed by atoms with Gasteiger partial charge in [-0.05, 0) is 22.9 Å². The zero-order valence-corrected chi connectivity index (χ0v) is 10.7. The monoisotopic (exact) mass is 301 g/mol. The highest BCUT2D eigenvalue weighted by Gasteiger charge is 2.12. The summed E-state index contributed by atoms with van der Waals surface area (Å²) in [6.45, 7) is 2.54. The third-order valence-electron chi connectivity index (χ3n) is 1.75. The first-order chi connectivity index (χ1) is 7.69. The number of aromatic nitrogens is 4. The Morgan fingerprint density at radius 2 is 2.44 bits per heavy atom. The van der Waals surface area contributed by atoms with Gasteiger partial charge in [0.25, 0.3) is 5.91 Å². The molecule has 2 aromatic heterocycles. The maximum atomic E-state index is 11.7. The van der Waals surface area contributed by atoms with Crippen molar-refractivity contribution in [1.82, 2.24) is 20.0 Å². The number of thiazole rings is 1. The van der Waals surface area contributed by atoms with Crippen LogP contribution in [0.3, 0.4) is 0 Å². The van der Waals surface area contributed by atoms with Gasteiger partial charge in [-0.1, -0.05) is 11.3 Å². The Balaban J connectivity index is 2.08. The minimum absolute atomic E-state index is 0.285. The van der Waals surface area contributed by atoms with Crippen molar-refractivity contribution in [2.75, 3.05) is 5.32 Å². The smallest absolute Gasteiger partial charge is 0.279 e. The van der Waals surface area contributed by atoms with E-state index in [0.29, 0.717) is 11.7 Å². The largest absolute Gasteiger partial charge is 0.296 e. The number of nitrogens with zero attached hydrogens (tertiary/aromatic N) is 4. The Kier molecular flexibility index (Phi) is 3.30. The van der Waals surface area contributed by atoms with E-state index in [2.05, 4.69) is 36.4 Å². The molecule has 6 nitrogen and oxygen atoms in total. The van der Waals surface area contributed by atoms with E-state index in [1.54, 1.807) is 6.20 Å². The van der Waals surface area contributed by atoms with E-state index in [0.717, 1.165) is 3.79 Å². The molecule has 2 heterocycles. The second kappa shape index (κ2) is 4.71. The molecule has 0 aliphatic carbocycles. The van der Waals surface area contributed by atoms with Crippen LogP contribution in [0.25, 0.3) is 0 Å². The predicted molar refractivity (Wildman–Crippen MR) is 63.5 cm³/mol. The lowest BCUT2D eigenvalue weighted by Gasteiger charge is -1.96. The lowest BCUT2D eigenvalue weighted by molar-refractivity contribution is 0.102. The van der Waals surface area contributed by atoms with Crippen molar-refractivity contribution in [3.05, 3.63) is 21.9 Å². The van der Waals surface area contributed by atoms with Gasteiger partial charge in [0.05, 0.1) is 22.7 Å². The SMILES string of the molecule is CCn1ncc(C(=O)Nc2ncc(Br)s2)n1. The second-order valence-corrected chi connectivity index (χ2v) is 5.25. The molecule has 16 heavy (non-hydrogen) atoms. The number of carbonyl (C=O) groups is 1. The Labute approximate surface area is 104 Å². The van der Waals surface area contributed by atoms with E-state index in [1.807, 2.05) is 6.92 Å². The van der Waals surface area contributed by atoms with Crippen LogP contribution < -0.4 is 5.32 Å². The van der Waals surface area contributed by atoms with Gasteiger partial charge in [-0.3, -0.25) is 10.1 Å². The maximum absolute atomic E-state index is 11.7. The summed E-state index contributed by atoms with van der Waals surface area (Å²) in [4.78, 5) is 17.1. The molecule has 2 aromatic rings. The molecule has 0 aliphatic heterocycles. The number of halogens is 1. The van der Waals surface area contributed by atoms with Crippen LogP contribution >= 0.6 is 27.3 Å². The highest BCUT2D eigenvalue weighted by molar-refractivity contribution is 9.11. The van der Waals surface area contributed by atoms with Crippen LogP contribution in [-0.2, 0) is 6.54 Å². The van der Waals surface area contributed by atoms with Crippen molar-refractivity contribution in [3.63, 3.8) is 0 Å². The van der Waals surface area contributed by atoms with Gasteiger partial charge in [-0.15, -0.1) is 5.10 Å². The quantitative estimate of drug-likeness (QED) is 0.938. The fraction of sp³-hybridized carbons (Fsp3) is 0.250. The molecule has 0 aromatic carbocycles. The average molecular weight is 302 g/mol. The number of rotatable bonds is 3. The highest BCUT2D eigenvalue weighted by Crippen LogP contribution is 2.23. The van der Waals surface area contributed by atoms with Gasteiger partial charge in [0, 0.05) is 0 Å². The number of hydrogen-bond acceptors (Lipinski definition) is 5. The van der Waals surface area contributed by atoms with Crippen molar-refractivity contribution < 1.29 is 4.79 Å². The first kappa shape index (κ1) is 11.2. The van der Waals surface area contributed by atoms with E-state index in [1.165, 1.54) is 22.3 Å². The first-order valence-electron chi connectivity index (χ1n) is 4.52. The summed E-state index contributed by atoms with van der Waals surface area (Å²) in [6, 6.07) is 0. The molecule has 0 atom stereocenters. The highest BCUT2D eigenvalue weighted by atomic mass is 79.9. The van der Waals surface area contributed by atoms with Crippen LogP contribution in [0.15, 0.2) is 16.2 Å². The van der Waals surface area contributed by atoms with Gasteiger partial charge >= 0.3 is 0 Å². The van der Waals surface area contributed by atoms with Gasteiger partial charge in [0.2, 0.25) is 0 Å². The molecule has 0 saturated carbocycles. The van der Waals surface area contributed by atoms with Crippen LogP contribution in [-0.4, -0.2) is 25.9 Å². The number of anilines is 1. The van der Waals surface area contributed by atoms with Crippen LogP contribution in [0.5, 0.6) is 0 Å². The van der Waals surface area contributed by atoms with Gasteiger partial charge in [0.15, 0.2) is 10.8 Å². The molecule has 1 amide bonds. The molecular formula is C8H8BrN5OS. The molecule has 0 bridgehead atoms. The van der Waals surface area contributed by atoms with Crippen molar-refractivity contribution >= 4 is 38.3 Å². The van der Waals surface area contributed by atoms with E-state index in [-0.39, 0.29) is 11.6 Å². The van der Waals surface area contributed by atoms with Gasteiger partial charge in [0.1, 0.15) is 0 Å². The summed E-state index contributed by atoms with van der Waals surface area (Å²) in [6.07, 6.45) is 3.06. The Morgan fingerprint density at radius 1 is 1.62 bits per heavy atom. The lowest BCUT2D eigenvalue weighted by atomic mass is 10.4. The van der Waals surface area contributed by atoms with Crippen LogP contribution in [0.4, 0.5) is 5.13 Å². The van der Waals surface area contributed by atoms with Crippen LogP contribution in [0.1, 0.15) is 17.4 Å². The molecular weight excluding hydrogens is 294 g/mol. The zero-order chi connectivity index (χ0) is 11.5. The Bertz CT molecular complexity index is 508. The normalized spacial score (nSPS) is 10.4. The molecule has 0 spiro atoms. The van der Waals surface area contributed by atoms with Crippen molar-refractivity contribution in [3.8, 4) is 0 Å². The average Bonchev–Trinajstić information content (AvgIpc) is 2.87. The first-order valence-corrected chi connectivity index (χ1v) is 6.13. The standard InChI is InChI=1S/C8H8BrN5OS/c1-2-14-11-3-5(13-14)7(15)12-8-10-4-6(9)16-8/h3-4H,2H2,1H3,(H,10,12,15). The summed E-state index contributed by atoms with van der Waals surface area (Å²) >= 11 is 4.61. The summed E-state index contributed by atoms with van der Waals surface area (Å²) in [5, 5.41) is 11.1. The third kappa shape index (κ3) is 2.45.